The van der Waals surface area contributed by atoms with Gasteiger partial charge in [-0.2, -0.15) is 0 Å². The molecule has 1 nitrogen and oxygen atoms in total. The zero-order chi connectivity index (χ0) is 12.6. The molecule has 0 unspecified atom stereocenters. The highest BCUT2D eigenvalue weighted by atomic mass is 28.4. The van der Waals surface area contributed by atoms with Crippen LogP contribution in [0.5, 0.6) is 0 Å². The number of allylic oxidation sites excluding steroid dienone is 2. The summed E-state index contributed by atoms with van der Waals surface area (Å²) in [6.45, 7) is 17.6. The van der Waals surface area contributed by atoms with Crippen LogP contribution >= 0.6 is 0 Å². The van der Waals surface area contributed by atoms with E-state index < -0.39 is 8.32 Å². The second kappa shape index (κ2) is 4.50. The summed E-state index contributed by atoms with van der Waals surface area (Å²) < 4.78 is 6.25. The van der Waals surface area contributed by atoms with E-state index in [-0.39, 0.29) is 5.41 Å². The van der Waals surface area contributed by atoms with E-state index in [9.17, 15) is 0 Å². The third-order valence-electron chi connectivity index (χ3n) is 3.19. The molecule has 0 aromatic rings. The fraction of sp³-hybridized carbons (Fsp3) is 0.714. The van der Waals surface area contributed by atoms with Crippen LogP contribution in [0.15, 0.2) is 23.8 Å². The van der Waals surface area contributed by atoms with Gasteiger partial charge in [-0.3, -0.25) is 0 Å². The average Bonchev–Trinajstić information content (AvgIpc) is 1.97. The van der Waals surface area contributed by atoms with Crippen LogP contribution in [0.4, 0.5) is 0 Å². The fourth-order valence-electron chi connectivity index (χ4n) is 2.81. The summed E-state index contributed by atoms with van der Waals surface area (Å²) in [5, 5.41) is 0. The Morgan fingerprint density at radius 2 is 1.94 bits per heavy atom. The second-order valence-corrected chi connectivity index (χ2v) is 11.0. The molecule has 0 bridgehead atoms. The molecule has 0 radical (unpaired) electrons. The summed E-state index contributed by atoms with van der Waals surface area (Å²) in [7, 11) is -1.42. The topological polar surface area (TPSA) is 9.23 Å². The molecule has 16 heavy (non-hydrogen) atoms. The van der Waals surface area contributed by atoms with Crippen LogP contribution in [0.2, 0.25) is 19.6 Å². The smallest absolute Gasteiger partial charge is 0.184 e. The lowest BCUT2D eigenvalue weighted by molar-refractivity contribution is 0.133. The predicted octanol–water partition coefficient (Wildman–Crippen LogP) is 4.53. The molecule has 2 heteroatoms. The maximum absolute atomic E-state index is 6.25. The maximum atomic E-state index is 6.25. The van der Waals surface area contributed by atoms with E-state index in [4.69, 9.17) is 4.43 Å². The monoisotopic (exact) mass is 238 g/mol. The number of hydrogen-bond acceptors (Lipinski definition) is 1. The molecule has 0 saturated heterocycles. The molecule has 0 saturated carbocycles. The van der Waals surface area contributed by atoms with Gasteiger partial charge in [0.1, 0.15) is 0 Å². The molecule has 1 aliphatic rings. The van der Waals surface area contributed by atoms with E-state index in [0.717, 1.165) is 12.8 Å². The molecule has 0 heterocycles. The highest BCUT2D eigenvalue weighted by Crippen LogP contribution is 2.42. The van der Waals surface area contributed by atoms with Crippen molar-refractivity contribution >= 4 is 8.32 Å². The number of hydrogen-bond donors (Lipinski definition) is 0. The molecule has 1 rings (SSSR count). The Bertz CT molecular complexity index is 307. The summed E-state index contributed by atoms with van der Waals surface area (Å²) in [5.41, 5.74) is 3.09. The van der Waals surface area contributed by atoms with E-state index in [0.29, 0.717) is 6.10 Å². The first kappa shape index (κ1) is 13.7. The van der Waals surface area contributed by atoms with Crippen molar-refractivity contribution in [3.05, 3.63) is 23.8 Å². The van der Waals surface area contributed by atoms with E-state index in [2.05, 4.69) is 47.0 Å². The lowest BCUT2D eigenvalue weighted by atomic mass is 9.72. The third kappa shape index (κ3) is 3.32. The molecular formula is C14H26OSi. The molecular weight excluding hydrogens is 212 g/mol. The average molecular weight is 238 g/mol. The summed E-state index contributed by atoms with van der Waals surface area (Å²) in [6, 6.07) is 0. The second-order valence-electron chi connectivity index (χ2n) is 6.54. The van der Waals surface area contributed by atoms with E-state index in [1.807, 2.05) is 6.08 Å². The Balaban J connectivity index is 2.87. The Hall–Kier alpha value is -0.343. The Morgan fingerprint density at radius 1 is 1.38 bits per heavy atom. The van der Waals surface area contributed by atoms with Gasteiger partial charge in [-0.25, -0.2) is 0 Å². The van der Waals surface area contributed by atoms with E-state index in [1.54, 1.807) is 0 Å². The minimum atomic E-state index is -1.42. The maximum Gasteiger partial charge on any atom is 0.184 e. The predicted molar refractivity (Wildman–Crippen MR) is 74.1 cm³/mol. The van der Waals surface area contributed by atoms with Gasteiger partial charge in [-0.1, -0.05) is 32.1 Å². The quantitative estimate of drug-likeness (QED) is 0.656. The highest BCUT2D eigenvalue weighted by molar-refractivity contribution is 6.69. The first-order chi connectivity index (χ1) is 7.15. The third-order valence-corrected chi connectivity index (χ3v) is 4.23. The van der Waals surface area contributed by atoms with Crippen LogP contribution in [0.1, 0.15) is 33.6 Å². The standard InChI is InChI=1S/C14H26OSi/c1-8-13-11(2)9-12(10-14(13,3)4)15-16(5,6)7/h8,12H,1,9-10H2,2-7H3/t12-/m1/s1. The zero-order valence-corrected chi connectivity index (χ0v) is 12.7. The van der Waals surface area contributed by atoms with Gasteiger partial charge in [0.2, 0.25) is 0 Å². The van der Waals surface area contributed by atoms with Gasteiger partial charge >= 0.3 is 0 Å². The van der Waals surface area contributed by atoms with Crippen molar-refractivity contribution in [2.75, 3.05) is 0 Å². The highest BCUT2D eigenvalue weighted by Gasteiger charge is 2.34. The van der Waals surface area contributed by atoms with Gasteiger partial charge in [-0.05, 0) is 50.4 Å². The molecule has 0 aliphatic heterocycles. The Morgan fingerprint density at radius 3 is 2.31 bits per heavy atom. The van der Waals surface area contributed by atoms with Gasteiger partial charge in [0.25, 0.3) is 0 Å². The summed E-state index contributed by atoms with van der Waals surface area (Å²) in [5.74, 6) is 0. The summed E-state index contributed by atoms with van der Waals surface area (Å²) >= 11 is 0. The molecule has 0 amide bonds. The normalized spacial score (nSPS) is 25.8. The first-order valence-corrected chi connectivity index (χ1v) is 9.57. The van der Waals surface area contributed by atoms with E-state index >= 15 is 0 Å². The van der Waals surface area contributed by atoms with Crippen molar-refractivity contribution in [1.29, 1.82) is 0 Å². The summed E-state index contributed by atoms with van der Waals surface area (Å²) in [4.78, 5) is 0. The molecule has 0 spiro atoms. The first-order valence-electron chi connectivity index (χ1n) is 6.16. The molecule has 1 atom stereocenters. The van der Waals surface area contributed by atoms with Gasteiger partial charge in [-0.15, -0.1) is 0 Å². The van der Waals surface area contributed by atoms with Crippen LogP contribution in [-0.4, -0.2) is 14.4 Å². The molecule has 92 valence electrons. The fourth-order valence-corrected chi connectivity index (χ4v) is 3.98. The molecule has 0 fully saturated rings. The Kier molecular flexibility index (Phi) is 3.86. The van der Waals surface area contributed by atoms with Crippen LogP contribution in [0.3, 0.4) is 0 Å². The van der Waals surface area contributed by atoms with Crippen molar-refractivity contribution < 1.29 is 4.43 Å². The lowest BCUT2D eigenvalue weighted by Gasteiger charge is -2.40. The molecule has 0 aromatic heterocycles. The Labute approximate surface area is 102 Å². The van der Waals surface area contributed by atoms with Crippen molar-refractivity contribution in [2.45, 2.75) is 59.4 Å². The largest absolute Gasteiger partial charge is 0.414 e. The van der Waals surface area contributed by atoms with Crippen molar-refractivity contribution in [3.8, 4) is 0 Å². The SMILES string of the molecule is C=CC1=C(C)C[C@@H](O[Si](C)(C)C)CC1(C)C. The van der Waals surface area contributed by atoms with Crippen LogP contribution < -0.4 is 0 Å². The van der Waals surface area contributed by atoms with Gasteiger partial charge < -0.3 is 4.43 Å². The van der Waals surface area contributed by atoms with Crippen LogP contribution in [0, 0.1) is 5.41 Å². The molecule has 0 N–H and O–H groups in total. The van der Waals surface area contributed by atoms with Gasteiger partial charge in [0.15, 0.2) is 8.32 Å². The van der Waals surface area contributed by atoms with E-state index in [1.165, 1.54) is 11.1 Å². The number of rotatable bonds is 3. The van der Waals surface area contributed by atoms with Crippen LogP contribution in [0.25, 0.3) is 0 Å². The van der Waals surface area contributed by atoms with Gasteiger partial charge in [0, 0.05) is 6.10 Å². The minimum absolute atomic E-state index is 0.217. The van der Waals surface area contributed by atoms with Gasteiger partial charge in [0.05, 0.1) is 0 Å². The molecule has 0 aromatic carbocycles. The van der Waals surface area contributed by atoms with Crippen molar-refractivity contribution in [2.24, 2.45) is 5.41 Å². The van der Waals surface area contributed by atoms with Crippen LogP contribution in [-0.2, 0) is 4.43 Å². The van der Waals surface area contributed by atoms with Crippen molar-refractivity contribution in [1.82, 2.24) is 0 Å². The van der Waals surface area contributed by atoms with Crippen molar-refractivity contribution in [3.63, 3.8) is 0 Å². The summed E-state index contributed by atoms with van der Waals surface area (Å²) in [6.07, 6.45) is 4.64. The minimum Gasteiger partial charge on any atom is -0.414 e. The zero-order valence-electron chi connectivity index (χ0n) is 11.7. The lowest BCUT2D eigenvalue weighted by Crippen LogP contribution is -2.37. The molecule has 1 aliphatic carbocycles.